The van der Waals surface area contributed by atoms with Gasteiger partial charge in [-0.2, -0.15) is 0 Å². The Labute approximate surface area is 136 Å². The molecule has 0 bridgehead atoms. The maximum absolute atomic E-state index is 10.3. The van der Waals surface area contributed by atoms with Crippen molar-refractivity contribution < 1.29 is 9.84 Å². The van der Waals surface area contributed by atoms with Crippen LogP contribution < -0.4 is 0 Å². The molecule has 2 saturated heterocycles. The van der Waals surface area contributed by atoms with E-state index in [1.807, 2.05) is 6.92 Å². The van der Waals surface area contributed by atoms with Crippen LogP contribution in [-0.2, 0) is 4.74 Å². The van der Waals surface area contributed by atoms with E-state index < -0.39 is 0 Å². The van der Waals surface area contributed by atoms with Gasteiger partial charge in [0.15, 0.2) is 0 Å². The Morgan fingerprint density at radius 2 is 1.50 bits per heavy atom. The van der Waals surface area contributed by atoms with E-state index in [1.54, 1.807) is 0 Å². The summed E-state index contributed by atoms with van der Waals surface area (Å²) in [6, 6.07) is 0. The lowest BCUT2D eigenvalue weighted by Crippen LogP contribution is -2.50. The van der Waals surface area contributed by atoms with Gasteiger partial charge in [-0.05, 0) is 38.8 Å². The second-order valence-electron chi connectivity index (χ2n) is 6.98. The molecule has 22 heavy (non-hydrogen) atoms. The predicted octanol–water partition coefficient (Wildman–Crippen LogP) is 0.733. The van der Waals surface area contributed by atoms with Crippen LogP contribution in [-0.4, -0.2) is 98.0 Å². The second-order valence-corrected chi connectivity index (χ2v) is 6.98. The monoisotopic (exact) mass is 313 g/mol. The zero-order valence-electron chi connectivity index (χ0n) is 14.5. The summed E-state index contributed by atoms with van der Waals surface area (Å²) in [7, 11) is 0. The first kappa shape index (κ1) is 18.1. The summed E-state index contributed by atoms with van der Waals surface area (Å²) in [6.07, 6.45) is 2.36. The SMILES string of the molecule is CCOCCN1CCN(C[C@@H](O)CN2CCC(C)CC2)CC1. The highest BCUT2D eigenvalue weighted by Gasteiger charge is 2.22. The number of hydrogen-bond donors (Lipinski definition) is 1. The summed E-state index contributed by atoms with van der Waals surface area (Å²) in [5.41, 5.74) is 0. The average molecular weight is 313 g/mol. The lowest BCUT2D eigenvalue weighted by molar-refractivity contribution is 0.0356. The lowest BCUT2D eigenvalue weighted by Gasteiger charge is -2.37. The first-order valence-electron chi connectivity index (χ1n) is 9.10. The quantitative estimate of drug-likeness (QED) is 0.669. The van der Waals surface area contributed by atoms with Crippen molar-refractivity contribution in [2.75, 3.05) is 72.1 Å². The predicted molar refractivity (Wildman–Crippen MR) is 90.2 cm³/mol. The van der Waals surface area contributed by atoms with Crippen LogP contribution in [0.25, 0.3) is 0 Å². The van der Waals surface area contributed by atoms with Gasteiger partial charge in [-0.1, -0.05) is 6.92 Å². The van der Waals surface area contributed by atoms with Crippen LogP contribution in [0.1, 0.15) is 26.7 Å². The Kier molecular flexibility index (Phi) is 8.11. The van der Waals surface area contributed by atoms with Gasteiger partial charge < -0.3 is 14.7 Å². The summed E-state index contributed by atoms with van der Waals surface area (Å²) in [6.45, 7) is 15.4. The van der Waals surface area contributed by atoms with E-state index in [1.165, 1.54) is 12.8 Å². The fraction of sp³-hybridized carbons (Fsp3) is 1.00. The Bertz CT molecular complexity index is 288. The third-order valence-corrected chi connectivity index (χ3v) is 5.04. The van der Waals surface area contributed by atoms with Crippen molar-refractivity contribution in [3.63, 3.8) is 0 Å². The summed E-state index contributed by atoms with van der Waals surface area (Å²) >= 11 is 0. The van der Waals surface area contributed by atoms with E-state index in [4.69, 9.17) is 4.74 Å². The molecule has 2 fully saturated rings. The molecule has 0 radical (unpaired) electrons. The maximum atomic E-state index is 10.3. The van der Waals surface area contributed by atoms with Crippen LogP contribution >= 0.6 is 0 Å². The van der Waals surface area contributed by atoms with E-state index >= 15 is 0 Å². The van der Waals surface area contributed by atoms with Crippen molar-refractivity contribution in [1.82, 2.24) is 14.7 Å². The van der Waals surface area contributed by atoms with Crippen LogP contribution in [0, 0.1) is 5.92 Å². The molecule has 0 amide bonds. The Morgan fingerprint density at radius 3 is 2.09 bits per heavy atom. The summed E-state index contributed by atoms with van der Waals surface area (Å²) < 4.78 is 5.42. The summed E-state index contributed by atoms with van der Waals surface area (Å²) in [5.74, 6) is 0.859. The van der Waals surface area contributed by atoms with E-state index in [0.717, 1.165) is 78.0 Å². The number of aliphatic hydroxyl groups excluding tert-OH is 1. The maximum Gasteiger partial charge on any atom is 0.0793 e. The molecule has 2 aliphatic heterocycles. The molecule has 0 spiro atoms. The highest BCUT2D eigenvalue weighted by molar-refractivity contribution is 4.77. The molecule has 5 heteroatoms. The summed E-state index contributed by atoms with van der Waals surface area (Å²) in [5, 5.41) is 10.3. The van der Waals surface area contributed by atoms with Crippen molar-refractivity contribution in [2.45, 2.75) is 32.8 Å². The van der Waals surface area contributed by atoms with Crippen molar-refractivity contribution >= 4 is 0 Å². The number of likely N-dealkylation sites (tertiary alicyclic amines) is 1. The standard InChI is InChI=1S/C17H35N3O2/c1-3-22-13-12-18-8-10-20(11-9-18)15-17(21)14-19-6-4-16(2)5-7-19/h16-17,21H,3-15H2,1-2H3/t17-/m0/s1. The summed E-state index contributed by atoms with van der Waals surface area (Å²) in [4.78, 5) is 7.31. The van der Waals surface area contributed by atoms with Gasteiger partial charge in [-0.25, -0.2) is 0 Å². The van der Waals surface area contributed by atoms with Crippen molar-refractivity contribution in [3.05, 3.63) is 0 Å². The molecule has 0 aromatic rings. The van der Waals surface area contributed by atoms with Crippen LogP contribution in [0.3, 0.4) is 0 Å². The molecule has 1 N–H and O–H groups in total. The van der Waals surface area contributed by atoms with Crippen LogP contribution in [0.5, 0.6) is 0 Å². The molecule has 0 aliphatic carbocycles. The fourth-order valence-electron chi connectivity index (χ4n) is 3.43. The van der Waals surface area contributed by atoms with Gasteiger partial charge in [0.1, 0.15) is 0 Å². The number of ether oxygens (including phenoxy) is 1. The highest BCUT2D eigenvalue weighted by Crippen LogP contribution is 2.16. The number of piperazine rings is 1. The number of piperidine rings is 1. The minimum Gasteiger partial charge on any atom is -0.390 e. The minimum atomic E-state index is -0.205. The van der Waals surface area contributed by atoms with E-state index in [2.05, 4.69) is 21.6 Å². The second kappa shape index (κ2) is 9.83. The van der Waals surface area contributed by atoms with E-state index in [-0.39, 0.29) is 6.10 Å². The molecule has 0 aromatic heterocycles. The molecule has 5 nitrogen and oxygen atoms in total. The first-order chi connectivity index (χ1) is 10.7. The zero-order valence-corrected chi connectivity index (χ0v) is 14.5. The van der Waals surface area contributed by atoms with Crippen molar-refractivity contribution in [1.29, 1.82) is 0 Å². The average Bonchev–Trinajstić information content (AvgIpc) is 2.51. The molecule has 130 valence electrons. The number of rotatable bonds is 8. The normalized spacial score (nSPS) is 24.7. The number of aliphatic hydroxyl groups is 1. The van der Waals surface area contributed by atoms with Gasteiger partial charge >= 0.3 is 0 Å². The largest absolute Gasteiger partial charge is 0.390 e. The topological polar surface area (TPSA) is 39.2 Å². The van der Waals surface area contributed by atoms with Crippen LogP contribution in [0.15, 0.2) is 0 Å². The number of hydrogen-bond acceptors (Lipinski definition) is 5. The third kappa shape index (κ3) is 6.50. The zero-order chi connectivity index (χ0) is 15.8. The third-order valence-electron chi connectivity index (χ3n) is 5.04. The molecule has 2 rings (SSSR count). The lowest BCUT2D eigenvalue weighted by atomic mass is 9.99. The van der Waals surface area contributed by atoms with Crippen molar-refractivity contribution in [3.8, 4) is 0 Å². The number of β-amino-alcohol motifs (C(OH)–C–C–N with tert-alkyl or cyclic N) is 1. The molecular formula is C17H35N3O2. The van der Waals surface area contributed by atoms with E-state index in [9.17, 15) is 5.11 Å². The number of nitrogens with zero attached hydrogens (tertiary/aromatic N) is 3. The molecule has 2 aliphatic rings. The molecule has 2 heterocycles. The van der Waals surface area contributed by atoms with E-state index in [0.29, 0.717) is 0 Å². The van der Waals surface area contributed by atoms with Crippen LogP contribution in [0.2, 0.25) is 0 Å². The fourth-order valence-corrected chi connectivity index (χ4v) is 3.43. The first-order valence-corrected chi connectivity index (χ1v) is 9.10. The van der Waals surface area contributed by atoms with Gasteiger partial charge in [0.05, 0.1) is 12.7 Å². The molecule has 0 saturated carbocycles. The molecular weight excluding hydrogens is 278 g/mol. The van der Waals surface area contributed by atoms with Gasteiger partial charge in [0.2, 0.25) is 0 Å². The van der Waals surface area contributed by atoms with Gasteiger partial charge in [-0.15, -0.1) is 0 Å². The van der Waals surface area contributed by atoms with Gasteiger partial charge in [0, 0.05) is 52.4 Å². The Balaban J connectivity index is 1.57. The van der Waals surface area contributed by atoms with Crippen molar-refractivity contribution in [2.24, 2.45) is 5.92 Å². The Morgan fingerprint density at radius 1 is 0.955 bits per heavy atom. The molecule has 1 atom stereocenters. The highest BCUT2D eigenvalue weighted by atomic mass is 16.5. The molecule has 0 unspecified atom stereocenters. The Hall–Kier alpha value is -0.200. The smallest absolute Gasteiger partial charge is 0.0793 e. The van der Waals surface area contributed by atoms with Crippen LogP contribution in [0.4, 0.5) is 0 Å². The minimum absolute atomic E-state index is 0.205. The molecule has 0 aromatic carbocycles. The van der Waals surface area contributed by atoms with Gasteiger partial charge in [-0.3, -0.25) is 9.80 Å². The van der Waals surface area contributed by atoms with Gasteiger partial charge in [0.25, 0.3) is 0 Å².